The lowest BCUT2D eigenvalue weighted by molar-refractivity contribution is -0.129. The van der Waals surface area contributed by atoms with Gasteiger partial charge in [0.1, 0.15) is 0 Å². The van der Waals surface area contributed by atoms with E-state index in [2.05, 4.69) is 56.2 Å². The van der Waals surface area contributed by atoms with Crippen molar-refractivity contribution in [1.29, 1.82) is 0 Å². The van der Waals surface area contributed by atoms with Crippen LogP contribution in [0, 0.1) is 5.41 Å². The summed E-state index contributed by atoms with van der Waals surface area (Å²) in [5.41, 5.74) is 4.50. The first kappa shape index (κ1) is 21.3. The zero-order chi connectivity index (χ0) is 21.7. The molecule has 0 saturated carbocycles. The van der Waals surface area contributed by atoms with Crippen molar-refractivity contribution < 1.29 is 6.22 Å². The van der Waals surface area contributed by atoms with Gasteiger partial charge in [-0.15, -0.1) is 0 Å². The lowest BCUT2D eigenvalue weighted by atomic mass is 9.71. The molecule has 5 nitrogen and oxygen atoms in total. The normalized spacial score (nSPS) is 17.4. The van der Waals surface area contributed by atoms with E-state index >= 15 is 0 Å². The molecule has 0 bridgehead atoms. The number of fused-ring (bicyclic) bond motifs is 1. The fourth-order valence-electron chi connectivity index (χ4n) is 4.67. The molecule has 31 heavy (non-hydrogen) atoms. The number of imidazole rings is 1. The summed E-state index contributed by atoms with van der Waals surface area (Å²) in [4.78, 5) is 19.7. The van der Waals surface area contributed by atoms with E-state index in [4.69, 9.17) is 0 Å². The number of likely N-dealkylation sites (tertiary alicyclic amines) is 1. The number of hydrogen-bond donors (Lipinski definition) is 1. The third kappa shape index (κ3) is 4.57. The zero-order valence-electron chi connectivity index (χ0n) is 18.6. The van der Waals surface area contributed by atoms with Crippen LogP contribution in [0.3, 0.4) is 0 Å². The number of carbonyl (C=O) groups is 1. The maximum atomic E-state index is 12.9. The number of carbonyl (C=O) groups excluding carboxylic acids is 1. The highest BCUT2D eigenvalue weighted by Crippen LogP contribution is 2.41. The average Bonchev–Trinajstić information content (AvgIpc) is 3.24. The fraction of sp³-hybridized carbons (Fsp3) is 0.385. The molecule has 1 aromatic heterocycles. The van der Waals surface area contributed by atoms with Crippen LogP contribution in [0.5, 0.6) is 0 Å². The predicted octanol–water partition coefficient (Wildman–Crippen LogP) is 4.98. The first-order valence-corrected chi connectivity index (χ1v) is 11.4. The summed E-state index contributed by atoms with van der Waals surface area (Å²) < 4.78 is 2.23. The maximum Gasteiger partial charge on any atom is 0.231 e. The van der Waals surface area contributed by atoms with Gasteiger partial charge in [0, 0.05) is 26.4 Å². The van der Waals surface area contributed by atoms with E-state index in [1.807, 2.05) is 44.6 Å². The number of aromatic nitrogens is 2. The molecule has 1 spiro atoms. The first-order valence-electron chi connectivity index (χ1n) is 11.4. The Kier molecular flexibility index (Phi) is 6.52. The molecule has 2 aliphatic rings. The van der Waals surface area contributed by atoms with Crippen LogP contribution < -0.4 is 5.32 Å². The lowest BCUT2D eigenvalue weighted by Crippen LogP contribution is -2.49. The molecule has 0 atom stereocenters. The summed E-state index contributed by atoms with van der Waals surface area (Å²) in [5.74, 6) is 0.199. The number of para-hydroxylation sites is 1. The van der Waals surface area contributed by atoms with Gasteiger partial charge in [0.05, 0.1) is 17.4 Å². The zero-order valence-corrected chi connectivity index (χ0v) is 18.6. The summed E-state index contributed by atoms with van der Waals surface area (Å²) in [6, 6.07) is 18.7. The monoisotopic (exact) mass is 418 g/mol. The molecular formula is C26H34N4O. The van der Waals surface area contributed by atoms with Crippen LogP contribution in [-0.4, -0.2) is 33.4 Å². The first-order chi connectivity index (χ1) is 15.2. The van der Waals surface area contributed by atoms with Crippen LogP contribution in [0.4, 0.5) is 5.69 Å². The van der Waals surface area contributed by atoms with Crippen LogP contribution in [0.1, 0.15) is 44.9 Å². The molecule has 0 unspecified atom stereocenters. The molecule has 5 rings (SSSR count). The molecule has 1 amide bonds. The summed E-state index contributed by atoms with van der Waals surface area (Å²) in [6.07, 6.45) is 6.55. The van der Waals surface area contributed by atoms with Gasteiger partial charge in [0.25, 0.3) is 0 Å². The number of nitrogens with one attached hydrogen (secondary N) is 1. The van der Waals surface area contributed by atoms with Crippen molar-refractivity contribution in [3.8, 4) is 0 Å². The number of rotatable bonds is 4. The van der Waals surface area contributed by atoms with E-state index in [1.54, 1.807) is 0 Å². The Hall–Kier alpha value is -2.92. The summed E-state index contributed by atoms with van der Waals surface area (Å²) >= 11 is 0. The van der Waals surface area contributed by atoms with E-state index in [0.29, 0.717) is 0 Å². The van der Waals surface area contributed by atoms with Crippen LogP contribution in [0.25, 0.3) is 0 Å². The van der Waals surface area contributed by atoms with E-state index in [-0.39, 0.29) is 12.7 Å². The number of hydrogen-bond acceptors (Lipinski definition) is 3. The van der Waals surface area contributed by atoms with Crippen LogP contribution in [0.15, 0.2) is 67.1 Å². The summed E-state index contributed by atoms with van der Waals surface area (Å²) in [5, 5.41) is 3.15. The SMILES string of the molecule is CC.O=C1Nc2ccccc2CC12CCN(Cc1cncn1Cc1ccccc1)CC2.[HH]. The van der Waals surface area contributed by atoms with Gasteiger partial charge >= 0.3 is 0 Å². The van der Waals surface area contributed by atoms with Gasteiger partial charge in [-0.25, -0.2) is 4.98 Å². The Morgan fingerprint density at radius 1 is 1.00 bits per heavy atom. The molecule has 2 aliphatic heterocycles. The molecule has 2 aromatic carbocycles. The minimum atomic E-state index is -0.255. The number of nitrogens with zero attached hydrogens (tertiary/aromatic N) is 3. The second-order valence-electron chi connectivity index (χ2n) is 8.34. The molecule has 1 N–H and O–H groups in total. The molecule has 5 heteroatoms. The van der Waals surface area contributed by atoms with Gasteiger partial charge in [0.15, 0.2) is 0 Å². The third-order valence-electron chi connectivity index (χ3n) is 6.47. The summed E-state index contributed by atoms with van der Waals surface area (Å²) in [6.45, 7) is 7.59. The Morgan fingerprint density at radius 2 is 1.71 bits per heavy atom. The van der Waals surface area contributed by atoms with E-state index in [9.17, 15) is 4.79 Å². The van der Waals surface area contributed by atoms with Crippen LogP contribution in [0.2, 0.25) is 0 Å². The maximum absolute atomic E-state index is 12.9. The van der Waals surface area contributed by atoms with Crippen molar-refractivity contribution in [3.63, 3.8) is 0 Å². The molecular weight excluding hydrogens is 384 g/mol. The van der Waals surface area contributed by atoms with Crippen molar-refractivity contribution in [3.05, 3.63) is 83.9 Å². The summed E-state index contributed by atoms with van der Waals surface area (Å²) in [7, 11) is 0. The Labute approximate surface area is 186 Å². The molecule has 164 valence electrons. The third-order valence-corrected chi connectivity index (χ3v) is 6.47. The fourth-order valence-corrected chi connectivity index (χ4v) is 4.67. The van der Waals surface area contributed by atoms with Crippen molar-refractivity contribution >= 4 is 11.6 Å². The largest absolute Gasteiger partial charge is 0.329 e. The molecule has 0 radical (unpaired) electrons. The topological polar surface area (TPSA) is 50.2 Å². The number of anilines is 1. The van der Waals surface area contributed by atoms with Crippen molar-refractivity contribution in [1.82, 2.24) is 14.5 Å². The Bertz CT molecular complexity index is 1010. The highest BCUT2D eigenvalue weighted by atomic mass is 16.2. The highest BCUT2D eigenvalue weighted by molar-refractivity contribution is 5.98. The quantitative estimate of drug-likeness (QED) is 0.650. The minimum Gasteiger partial charge on any atom is -0.329 e. The molecule has 1 saturated heterocycles. The van der Waals surface area contributed by atoms with Gasteiger partial charge in [-0.05, 0) is 49.5 Å². The van der Waals surface area contributed by atoms with Crippen LogP contribution >= 0.6 is 0 Å². The van der Waals surface area contributed by atoms with Gasteiger partial charge in [-0.1, -0.05) is 62.4 Å². The molecule has 3 aromatic rings. The molecule has 1 fully saturated rings. The molecule has 0 aliphatic carbocycles. The van der Waals surface area contributed by atoms with Crippen molar-refractivity contribution in [2.45, 2.75) is 46.2 Å². The van der Waals surface area contributed by atoms with E-state index in [1.165, 1.54) is 16.8 Å². The van der Waals surface area contributed by atoms with E-state index < -0.39 is 0 Å². The number of piperidine rings is 1. The predicted molar refractivity (Wildman–Crippen MR) is 127 cm³/mol. The number of benzene rings is 2. The Balaban J connectivity index is 0.000000938. The molecule has 3 heterocycles. The second kappa shape index (κ2) is 9.48. The van der Waals surface area contributed by atoms with Crippen LogP contribution in [-0.2, 0) is 24.3 Å². The van der Waals surface area contributed by atoms with Crippen molar-refractivity contribution in [2.75, 3.05) is 18.4 Å². The second-order valence-corrected chi connectivity index (χ2v) is 8.34. The van der Waals surface area contributed by atoms with Gasteiger partial charge < -0.3 is 9.88 Å². The lowest BCUT2D eigenvalue weighted by Gasteiger charge is -2.43. The van der Waals surface area contributed by atoms with E-state index in [0.717, 1.165) is 51.1 Å². The smallest absolute Gasteiger partial charge is 0.231 e. The van der Waals surface area contributed by atoms with Gasteiger partial charge in [-0.2, -0.15) is 0 Å². The standard InChI is InChI=1S/C24H26N4O.C2H6.H2/c29-23-24(14-20-8-4-5-9-22(20)26-23)10-12-27(13-11-24)17-21-15-25-18-28(21)16-19-6-2-1-3-7-19;1-2;/h1-9,15,18H,10-14,16-17H2,(H,26,29);1-2H3;1H. The number of amides is 1. The minimum absolute atomic E-state index is 0. The van der Waals surface area contributed by atoms with Gasteiger partial charge in [0.2, 0.25) is 5.91 Å². The Morgan fingerprint density at radius 3 is 2.48 bits per heavy atom. The van der Waals surface area contributed by atoms with Gasteiger partial charge in [-0.3, -0.25) is 9.69 Å². The average molecular weight is 419 g/mol. The van der Waals surface area contributed by atoms with Crippen molar-refractivity contribution in [2.24, 2.45) is 5.41 Å². The highest BCUT2D eigenvalue weighted by Gasteiger charge is 2.44.